The van der Waals surface area contributed by atoms with Crippen molar-refractivity contribution in [2.45, 2.75) is 69.1 Å². The first-order chi connectivity index (χ1) is 19.4. The summed E-state index contributed by atoms with van der Waals surface area (Å²) in [5, 5.41) is 2.85. The van der Waals surface area contributed by atoms with E-state index in [-0.39, 0.29) is 18.3 Å². The van der Waals surface area contributed by atoms with Crippen LogP contribution >= 0.6 is 0 Å². The van der Waals surface area contributed by atoms with Crippen LogP contribution in [0, 0.1) is 12.7 Å². The van der Waals surface area contributed by atoms with Crippen molar-refractivity contribution in [3.8, 4) is 17.2 Å². The number of methoxy groups -OCH3 is 1. The van der Waals surface area contributed by atoms with Crippen molar-refractivity contribution in [3.63, 3.8) is 0 Å². The van der Waals surface area contributed by atoms with Gasteiger partial charge in [-0.2, -0.15) is 8.42 Å². The number of benzene rings is 2. The lowest BCUT2D eigenvalue weighted by Crippen LogP contribution is -2.60. The number of amides is 1. The Balaban J connectivity index is 1.61. The van der Waals surface area contributed by atoms with Gasteiger partial charge < -0.3 is 23.9 Å². The Hall–Kier alpha value is -3.53. The number of allylic oxidation sites excluding steroid dienone is 2. The Bertz CT molecular complexity index is 1530. The van der Waals surface area contributed by atoms with Crippen molar-refractivity contribution >= 4 is 16.0 Å². The summed E-state index contributed by atoms with van der Waals surface area (Å²) in [5.41, 5.74) is 1.10. The summed E-state index contributed by atoms with van der Waals surface area (Å²) in [6, 6.07) is 9.32. The Morgan fingerprint density at radius 1 is 1.10 bits per heavy atom. The molecular weight excluding hydrogens is 547 g/mol. The second kappa shape index (κ2) is 10.7. The number of nitrogens with zero attached hydrogens (tertiary/aromatic N) is 1. The number of hydrogen-bond donors (Lipinski definition) is 1. The maximum absolute atomic E-state index is 14.2. The van der Waals surface area contributed by atoms with Crippen LogP contribution in [0.15, 0.2) is 59.9 Å². The third-order valence-corrected chi connectivity index (χ3v) is 10.0. The van der Waals surface area contributed by atoms with Gasteiger partial charge in [0.15, 0.2) is 0 Å². The SMILES string of the molecule is COc1cc(OS(=O)(=O)C2CCCC2)ccc1C1(COc2cc(F)ccc2C)CC=CC2=C1N(C)C(=O)C(C)(C)N2. The van der Waals surface area contributed by atoms with Crippen molar-refractivity contribution in [3.05, 3.63) is 76.9 Å². The first kappa shape index (κ1) is 29.0. The second-order valence-electron chi connectivity index (χ2n) is 11.6. The molecule has 3 aliphatic rings. The van der Waals surface area contributed by atoms with Gasteiger partial charge in [-0.25, -0.2) is 4.39 Å². The van der Waals surface area contributed by atoms with E-state index in [0.717, 1.165) is 24.1 Å². The summed E-state index contributed by atoms with van der Waals surface area (Å²) in [4.78, 5) is 15.1. The second-order valence-corrected chi connectivity index (χ2v) is 13.4. The van der Waals surface area contributed by atoms with E-state index in [4.69, 9.17) is 13.7 Å². The van der Waals surface area contributed by atoms with Gasteiger partial charge in [0.25, 0.3) is 5.91 Å². The number of aryl methyl sites for hydroxylation is 1. The molecule has 1 saturated carbocycles. The summed E-state index contributed by atoms with van der Waals surface area (Å²) in [6.45, 7) is 5.54. The minimum absolute atomic E-state index is 0.0527. The summed E-state index contributed by atoms with van der Waals surface area (Å²) in [7, 11) is -0.553. The molecule has 1 N–H and O–H groups in total. The Labute approximate surface area is 241 Å². The molecule has 0 aromatic heterocycles. The molecule has 1 fully saturated rings. The van der Waals surface area contributed by atoms with Crippen molar-refractivity contribution in [2.75, 3.05) is 20.8 Å². The van der Waals surface area contributed by atoms with E-state index < -0.39 is 32.1 Å². The fraction of sp³-hybridized carbons (Fsp3) is 0.452. The maximum Gasteiger partial charge on any atom is 0.312 e. The summed E-state index contributed by atoms with van der Waals surface area (Å²) >= 11 is 0. The highest BCUT2D eigenvalue weighted by Gasteiger charge is 2.50. The first-order valence-corrected chi connectivity index (χ1v) is 15.3. The van der Waals surface area contributed by atoms with Crippen LogP contribution in [0.25, 0.3) is 0 Å². The van der Waals surface area contributed by atoms with Crippen LogP contribution in [-0.4, -0.2) is 50.8 Å². The zero-order valence-corrected chi connectivity index (χ0v) is 24.9. The van der Waals surface area contributed by atoms with E-state index in [1.165, 1.54) is 19.2 Å². The van der Waals surface area contributed by atoms with Gasteiger partial charge in [-0.1, -0.05) is 31.1 Å². The summed E-state index contributed by atoms with van der Waals surface area (Å²) in [6.07, 6.45) is 7.30. The largest absolute Gasteiger partial charge is 0.496 e. The number of hydrogen-bond acceptors (Lipinski definition) is 7. The fourth-order valence-corrected chi connectivity index (χ4v) is 7.61. The minimum atomic E-state index is -3.79. The molecule has 2 aromatic rings. The number of ether oxygens (including phenoxy) is 2. The summed E-state index contributed by atoms with van der Waals surface area (Å²) < 4.78 is 57.7. The smallest absolute Gasteiger partial charge is 0.312 e. The quantitative estimate of drug-likeness (QED) is 0.431. The lowest BCUT2D eigenvalue weighted by molar-refractivity contribution is -0.135. The van der Waals surface area contributed by atoms with Gasteiger partial charge in [0, 0.05) is 24.7 Å². The number of rotatable bonds is 8. The highest BCUT2D eigenvalue weighted by Crippen LogP contribution is 2.48. The highest BCUT2D eigenvalue weighted by atomic mass is 32.2. The van der Waals surface area contributed by atoms with Crippen molar-refractivity contribution in [1.82, 2.24) is 10.2 Å². The lowest BCUT2D eigenvalue weighted by atomic mass is 9.70. The van der Waals surface area contributed by atoms with Gasteiger partial charge in [0.05, 0.1) is 29.2 Å². The van der Waals surface area contributed by atoms with E-state index in [9.17, 15) is 17.6 Å². The van der Waals surface area contributed by atoms with E-state index >= 15 is 0 Å². The molecule has 1 amide bonds. The monoisotopic (exact) mass is 584 g/mol. The topological polar surface area (TPSA) is 94.2 Å². The summed E-state index contributed by atoms with van der Waals surface area (Å²) in [5.74, 6) is 0.387. The molecule has 2 aliphatic carbocycles. The number of nitrogens with one attached hydrogen (secondary N) is 1. The molecule has 5 rings (SSSR count). The van der Waals surface area contributed by atoms with E-state index in [0.29, 0.717) is 42.0 Å². The number of likely N-dealkylation sites (N-methyl/N-ethyl adjacent to an activating group) is 1. The van der Waals surface area contributed by atoms with Crippen LogP contribution in [-0.2, 0) is 20.3 Å². The predicted octanol–water partition coefficient (Wildman–Crippen LogP) is 5.12. The zero-order chi connectivity index (χ0) is 29.6. The van der Waals surface area contributed by atoms with Crippen LogP contribution in [0.2, 0.25) is 0 Å². The minimum Gasteiger partial charge on any atom is -0.496 e. The molecule has 41 heavy (non-hydrogen) atoms. The van der Waals surface area contributed by atoms with Gasteiger partial charge in [0.1, 0.15) is 35.2 Å². The van der Waals surface area contributed by atoms with Crippen molar-refractivity contribution in [2.24, 2.45) is 0 Å². The molecule has 1 atom stereocenters. The Kier molecular flexibility index (Phi) is 7.57. The maximum atomic E-state index is 14.2. The molecule has 0 bridgehead atoms. The van der Waals surface area contributed by atoms with Crippen LogP contribution in [0.3, 0.4) is 0 Å². The first-order valence-electron chi connectivity index (χ1n) is 13.9. The highest BCUT2D eigenvalue weighted by molar-refractivity contribution is 7.87. The van der Waals surface area contributed by atoms with E-state index in [1.54, 1.807) is 36.2 Å². The number of carbonyl (C=O) groups is 1. The molecule has 8 nitrogen and oxygen atoms in total. The van der Waals surface area contributed by atoms with E-state index in [2.05, 4.69) is 5.32 Å². The predicted molar refractivity (Wildman–Crippen MR) is 154 cm³/mol. The molecule has 1 unspecified atom stereocenters. The molecule has 0 saturated heterocycles. The number of halogens is 1. The molecule has 220 valence electrons. The van der Waals surface area contributed by atoms with Gasteiger partial charge in [-0.3, -0.25) is 4.79 Å². The lowest BCUT2D eigenvalue weighted by Gasteiger charge is -2.48. The van der Waals surface area contributed by atoms with Crippen LogP contribution in [0.5, 0.6) is 17.2 Å². The molecule has 0 radical (unpaired) electrons. The van der Waals surface area contributed by atoms with Gasteiger partial charge in [-0.15, -0.1) is 0 Å². The van der Waals surface area contributed by atoms with E-state index in [1.807, 2.05) is 32.9 Å². The van der Waals surface area contributed by atoms with Crippen molar-refractivity contribution < 1.29 is 31.3 Å². The van der Waals surface area contributed by atoms with Crippen molar-refractivity contribution in [1.29, 1.82) is 0 Å². The average molecular weight is 585 g/mol. The Morgan fingerprint density at radius 2 is 1.83 bits per heavy atom. The van der Waals surface area contributed by atoms with Gasteiger partial charge in [0.2, 0.25) is 0 Å². The van der Waals surface area contributed by atoms with Gasteiger partial charge >= 0.3 is 10.1 Å². The average Bonchev–Trinajstić information content (AvgIpc) is 3.48. The fourth-order valence-electron chi connectivity index (χ4n) is 6.20. The zero-order valence-electron chi connectivity index (χ0n) is 24.1. The Morgan fingerprint density at radius 3 is 2.54 bits per heavy atom. The molecule has 10 heteroatoms. The third kappa shape index (κ3) is 5.29. The third-order valence-electron chi connectivity index (χ3n) is 8.32. The van der Waals surface area contributed by atoms with Gasteiger partial charge in [-0.05, 0) is 63.8 Å². The molecule has 1 aliphatic heterocycles. The molecule has 2 aromatic carbocycles. The molecular formula is C31H37FN2O6S. The molecule has 1 heterocycles. The standard InChI is InChI=1S/C31H37FN2O6S/c1-20-12-13-21(32)17-26(20)39-19-31(16-8-11-25-28(31)34(4)29(35)30(2,3)33-25)24-15-14-22(18-27(24)38-5)40-41(36,37)23-9-6-7-10-23/h8,11-15,17-18,23,33H,6-7,9-10,16,19H2,1-5H3. The number of carbonyl (C=O) groups excluding carboxylic acids is 1. The van der Waals surface area contributed by atoms with Crippen LogP contribution in [0.4, 0.5) is 4.39 Å². The van der Waals surface area contributed by atoms with Crippen LogP contribution in [0.1, 0.15) is 57.1 Å². The van der Waals surface area contributed by atoms with Crippen LogP contribution < -0.4 is 19.0 Å². The normalized spacial score (nSPS) is 22.4. The molecule has 0 spiro atoms.